The monoisotopic (exact) mass is 446 g/mol. The molecule has 0 aromatic heterocycles. The lowest BCUT2D eigenvalue weighted by atomic mass is 10.0. The maximum Gasteiger partial charge on any atom is 0.247 e. The van der Waals surface area contributed by atoms with Crippen LogP contribution in [0.5, 0.6) is 0 Å². The van der Waals surface area contributed by atoms with Crippen molar-refractivity contribution in [1.29, 1.82) is 0 Å². The smallest absolute Gasteiger partial charge is 0.247 e. The molecule has 0 aliphatic carbocycles. The highest BCUT2D eigenvalue weighted by Crippen LogP contribution is 2.25. The standard InChI is InChI=1S/C28H31FN2O2/c1-21(2)19-30-28(33)27(24-11-7-4-8-12-24)31(20-23-13-16-25(29)17-14-23)26(32)18-15-22-9-5-3-6-10-22/h3-14,16-17,21,27H,15,18-20H2,1-2H3,(H,30,33)/t27-/m0/s1. The van der Waals surface area contributed by atoms with Gasteiger partial charge in [0.2, 0.25) is 11.8 Å². The van der Waals surface area contributed by atoms with Crippen LogP contribution in [0.15, 0.2) is 84.9 Å². The van der Waals surface area contributed by atoms with Crippen LogP contribution < -0.4 is 5.32 Å². The molecule has 3 aromatic carbocycles. The van der Waals surface area contributed by atoms with Gasteiger partial charge in [0.05, 0.1) is 0 Å². The highest BCUT2D eigenvalue weighted by molar-refractivity contribution is 5.88. The lowest BCUT2D eigenvalue weighted by Crippen LogP contribution is -2.44. The molecule has 0 saturated carbocycles. The Hall–Kier alpha value is -3.47. The molecule has 33 heavy (non-hydrogen) atoms. The Balaban J connectivity index is 1.92. The number of nitrogens with zero attached hydrogens (tertiary/aromatic N) is 1. The van der Waals surface area contributed by atoms with Crippen LogP contribution in [0.25, 0.3) is 0 Å². The van der Waals surface area contributed by atoms with Crippen molar-refractivity contribution in [2.24, 2.45) is 5.92 Å². The zero-order valence-electron chi connectivity index (χ0n) is 19.2. The van der Waals surface area contributed by atoms with E-state index in [1.807, 2.05) is 74.5 Å². The number of carbonyl (C=O) groups is 2. The van der Waals surface area contributed by atoms with E-state index in [9.17, 15) is 14.0 Å². The number of halogens is 1. The fourth-order valence-electron chi connectivity index (χ4n) is 3.66. The van der Waals surface area contributed by atoms with Crippen molar-refractivity contribution in [3.63, 3.8) is 0 Å². The van der Waals surface area contributed by atoms with E-state index in [1.165, 1.54) is 12.1 Å². The molecule has 0 aliphatic rings. The third-order valence-electron chi connectivity index (χ3n) is 5.42. The molecule has 3 aromatic rings. The van der Waals surface area contributed by atoms with Gasteiger partial charge in [-0.05, 0) is 41.2 Å². The summed E-state index contributed by atoms with van der Waals surface area (Å²) in [6.07, 6.45) is 0.848. The second-order valence-electron chi connectivity index (χ2n) is 8.59. The molecule has 0 saturated heterocycles. The Bertz CT molecular complexity index is 1020. The van der Waals surface area contributed by atoms with Gasteiger partial charge in [-0.3, -0.25) is 9.59 Å². The zero-order chi connectivity index (χ0) is 23.6. The quantitative estimate of drug-likeness (QED) is 0.459. The SMILES string of the molecule is CC(C)CNC(=O)[C@H](c1ccccc1)N(Cc1ccc(F)cc1)C(=O)CCc1ccccc1. The first kappa shape index (κ1) is 24.2. The molecule has 5 heteroatoms. The van der Waals surface area contributed by atoms with Crippen LogP contribution in [0.1, 0.15) is 43.0 Å². The van der Waals surface area contributed by atoms with Crippen molar-refractivity contribution in [2.75, 3.05) is 6.54 Å². The lowest BCUT2D eigenvalue weighted by molar-refractivity contribution is -0.141. The zero-order valence-corrected chi connectivity index (χ0v) is 19.2. The van der Waals surface area contributed by atoms with Crippen molar-refractivity contribution in [2.45, 2.75) is 39.3 Å². The summed E-state index contributed by atoms with van der Waals surface area (Å²) in [6, 6.07) is 24.4. The van der Waals surface area contributed by atoms with Crippen LogP contribution in [0.3, 0.4) is 0 Å². The molecule has 1 atom stereocenters. The first-order valence-electron chi connectivity index (χ1n) is 11.3. The minimum Gasteiger partial charge on any atom is -0.354 e. The number of benzene rings is 3. The highest BCUT2D eigenvalue weighted by Gasteiger charge is 2.31. The molecule has 0 unspecified atom stereocenters. The van der Waals surface area contributed by atoms with Gasteiger partial charge in [0.25, 0.3) is 0 Å². The molecule has 3 rings (SSSR count). The molecule has 172 valence electrons. The summed E-state index contributed by atoms with van der Waals surface area (Å²) in [5.74, 6) is -0.401. The molecule has 2 amide bonds. The van der Waals surface area contributed by atoms with Crippen molar-refractivity contribution in [3.8, 4) is 0 Å². The Morgan fingerprint density at radius 1 is 0.848 bits per heavy atom. The predicted molar refractivity (Wildman–Crippen MR) is 129 cm³/mol. The normalized spacial score (nSPS) is 11.8. The average molecular weight is 447 g/mol. The Morgan fingerprint density at radius 2 is 1.45 bits per heavy atom. The van der Waals surface area contributed by atoms with Crippen LogP contribution in [-0.2, 0) is 22.6 Å². The number of carbonyl (C=O) groups excluding carboxylic acids is 2. The molecule has 0 spiro atoms. The number of nitrogens with one attached hydrogen (secondary N) is 1. The molecule has 0 aliphatic heterocycles. The van der Waals surface area contributed by atoms with Crippen molar-refractivity contribution in [3.05, 3.63) is 107 Å². The third-order valence-corrected chi connectivity index (χ3v) is 5.42. The molecule has 0 heterocycles. The van der Waals surface area contributed by atoms with Crippen LogP contribution in [0.2, 0.25) is 0 Å². The van der Waals surface area contributed by atoms with Crippen LogP contribution in [0.4, 0.5) is 4.39 Å². The van der Waals surface area contributed by atoms with E-state index in [4.69, 9.17) is 0 Å². The van der Waals surface area contributed by atoms with Crippen molar-refractivity contribution in [1.82, 2.24) is 10.2 Å². The molecule has 4 nitrogen and oxygen atoms in total. The maximum absolute atomic E-state index is 13.5. The predicted octanol–water partition coefficient (Wildman–Crippen LogP) is 5.30. The van der Waals surface area contributed by atoms with Gasteiger partial charge in [0.15, 0.2) is 0 Å². The first-order valence-corrected chi connectivity index (χ1v) is 11.3. The van der Waals surface area contributed by atoms with Gasteiger partial charge in [0.1, 0.15) is 11.9 Å². The molecular weight excluding hydrogens is 415 g/mol. The Kier molecular flexibility index (Phi) is 8.76. The van der Waals surface area contributed by atoms with Gasteiger partial charge < -0.3 is 10.2 Å². The van der Waals surface area contributed by atoms with Crippen LogP contribution in [-0.4, -0.2) is 23.3 Å². The van der Waals surface area contributed by atoms with Crippen molar-refractivity contribution < 1.29 is 14.0 Å². The van der Waals surface area contributed by atoms with Gasteiger partial charge in [0, 0.05) is 19.5 Å². The van der Waals surface area contributed by atoms with Gasteiger partial charge in [-0.25, -0.2) is 4.39 Å². The molecule has 0 bridgehead atoms. The number of amides is 2. The van der Waals surface area contributed by atoms with Crippen LogP contribution >= 0.6 is 0 Å². The minimum atomic E-state index is -0.779. The van der Waals surface area contributed by atoms with E-state index < -0.39 is 6.04 Å². The second kappa shape index (κ2) is 12.0. The summed E-state index contributed by atoms with van der Waals surface area (Å²) in [6.45, 7) is 4.78. The summed E-state index contributed by atoms with van der Waals surface area (Å²) in [4.78, 5) is 28.5. The Labute approximate surface area is 195 Å². The highest BCUT2D eigenvalue weighted by atomic mass is 19.1. The number of rotatable bonds is 10. The molecular formula is C28H31FN2O2. The second-order valence-corrected chi connectivity index (χ2v) is 8.59. The molecule has 1 N–H and O–H groups in total. The third kappa shape index (κ3) is 7.28. The van der Waals surface area contributed by atoms with Gasteiger partial charge >= 0.3 is 0 Å². The van der Waals surface area contributed by atoms with Gasteiger partial charge in [-0.15, -0.1) is 0 Å². The summed E-state index contributed by atoms with van der Waals surface area (Å²) < 4.78 is 13.5. The van der Waals surface area contributed by atoms with E-state index in [0.29, 0.717) is 13.0 Å². The molecule has 0 radical (unpaired) electrons. The lowest BCUT2D eigenvalue weighted by Gasteiger charge is -2.32. The number of hydrogen-bond acceptors (Lipinski definition) is 2. The van der Waals surface area contributed by atoms with E-state index in [1.54, 1.807) is 17.0 Å². The van der Waals surface area contributed by atoms with E-state index >= 15 is 0 Å². The largest absolute Gasteiger partial charge is 0.354 e. The van der Waals surface area contributed by atoms with E-state index in [-0.39, 0.29) is 36.5 Å². The number of hydrogen-bond donors (Lipinski definition) is 1. The topological polar surface area (TPSA) is 49.4 Å². The van der Waals surface area contributed by atoms with Gasteiger partial charge in [-0.1, -0.05) is 86.6 Å². The molecule has 0 fully saturated rings. The summed E-state index contributed by atoms with van der Waals surface area (Å²) in [5.41, 5.74) is 2.57. The van der Waals surface area contributed by atoms with Gasteiger partial charge in [-0.2, -0.15) is 0 Å². The summed E-state index contributed by atoms with van der Waals surface area (Å²) in [7, 11) is 0. The summed E-state index contributed by atoms with van der Waals surface area (Å²) in [5, 5.41) is 2.99. The van der Waals surface area contributed by atoms with Crippen molar-refractivity contribution >= 4 is 11.8 Å². The van der Waals surface area contributed by atoms with Crippen LogP contribution in [0, 0.1) is 11.7 Å². The summed E-state index contributed by atoms with van der Waals surface area (Å²) >= 11 is 0. The fraction of sp³-hybridized carbons (Fsp3) is 0.286. The average Bonchev–Trinajstić information content (AvgIpc) is 2.83. The fourth-order valence-corrected chi connectivity index (χ4v) is 3.66. The number of aryl methyl sites for hydroxylation is 1. The Morgan fingerprint density at radius 3 is 2.06 bits per heavy atom. The maximum atomic E-state index is 13.5. The van der Waals surface area contributed by atoms with E-state index in [0.717, 1.165) is 16.7 Å². The first-order chi connectivity index (χ1) is 15.9. The van der Waals surface area contributed by atoms with E-state index in [2.05, 4.69) is 5.32 Å². The minimum absolute atomic E-state index is 0.128.